The molecule has 0 bridgehead atoms. The monoisotopic (exact) mass is 299 g/mol. The maximum absolute atomic E-state index is 11.9. The van der Waals surface area contributed by atoms with Gasteiger partial charge in [0.15, 0.2) is 6.10 Å². The molecule has 1 unspecified atom stereocenters. The molecular weight excluding hydrogens is 278 g/mol. The molecule has 1 atom stereocenters. The van der Waals surface area contributed by atoms with Gasteiger partial charge in [-0.2, -0.15) is 0 Å². The summed E-state index contributed by atoms with van der Waals surface area (Å²) < 4.78 is 5.58. The van der Waals surface area contributed by atoms with Gasteiger partial charge in [-0.05, 0) is 25.5 Å². The van der Waals surface area contributed by atoms with Crippen molar-refractivity contribution in [3.8, 4) is 5.75 Å². The fourth-order valence-corrected chi connectivity index (χ4v) is 2.00. The second-order valence-corrected chi connectivity index (χ2v) is 5.04. The van der Waals surface area contributed by atoms with E-state index in [0.29, 0.717) is 22.9 Å². The third-order valence-electron chi connectivity index (χ3n) is 2.99. The number of halogens is 1. The summed E-state index contributed by atoms with van der Waals surface area (Å²) >= 11 is 5.97. The van der Waals surface area contributed by atoms with Crippen molar-refractivity contribution >= 4 is 17.5 Å². The number of aliphatic hydroxyl groups is 1. The minimum Gasteiger partial charge on any atom is -0.480 e. The van der Waals surface area contributed by atoms with Gasteiger partial charge in [0.05, 0.1) is 6.61 Å². The number of hydrogen-bond donors (Lipinski definition) is 2. The van der Waals surface area contributed by atoms with Crippen LogP contribution in [0.1, 0.15) is 38.7 Å². The highest BCUT2D eigenvalue weighted by Crippen LogP contribution is 2.27. The lowest BCUT2D eigenvalue weighted by molar-refractivity contribution is -0.127. The predicted octanol–water partition coefficient (Wildman–Crippen LogP) is 2.91. The van der Waals surface area contributed by atoms with Crippen LogP contribution in [0, 0.1) is 0 Å². The molecule has 0 fully saturated rings. The van der Waals surface area contributed by atoms with Gasteiger partial charge >= 0.3 is 0 Å². The van der Waals surface area contributed by atoms with Crippen molar-refractivity contribution in [1.82, 2.24) is 5.32 Å². The maximum atomic E-state index is 11.9. The van der Waals surface area contributed by atoms with Crippen molar-refractivity contribution in [3.05, 3.63) is 28.8 Å². The van der Waals surface area contributed by atoms with E-state index < -0.39 is 6.10 Å². The van der Waals surface area contributed by atoms with Gasteiger partial charge in [-0.25, -0.2) is 0 Å². The standard InChI is InChI=1S/C15H22ClNO3/c1-3-4-5-9-17-15(19)11(2)20-14-8-6-7-13(16)12(14)10-18/h6-8,11,18H,3-5,9-10H2,1-2H3,(H,17,19). The average molecular weight is 300 g/mol. The molecule has 0 aliphatic heterocycles. The molecule has 0 aliphatic carbocycles. The molecule has 0 aliphatic rings. The fraction of sp³-hybridized carbons (Fsp3) is 0.533. The summed E-state index contributed by atoms with van der Waals surface area (Å²) in [6, 6.07) is 5.09. The van der Waals surface area contributed by atoms with Crippen LogP contribution in [-0.2, 0) is 11.4 Å². The molecule has 4 nitrogen and oxygen atoms in total. The third kappa shape index (κ3) is 5.02. The Bertz CT molecular complexity index is 437. The highest BCUT2D eigenvalue weighted by atomic mass is 35.5. The molecule has 0 heterocycles. The van der Waals surface area contributed by atoms with Crippen LogP contribution in [0.3, 0.4) is 0 Å². The van der Waals surface area contributed by atoms with Crippen molar-refractivity contribution in [1.29, 1.82) is 0 Å². The van der Waals surface area contributed by atoms with E-state index in [-0.39, 0.29) is 12.5 Å². The Kier molecular flexibility index (Phi) is 7.41. The first-order chi connectivity index (χ1) is 9.60. The Morgan fingerprint density at radius 1 is 1.45 bits per heavy atom. The lowest BCUT2D eigenvalue weighted by atomic mass is 10.2. The number of amides is 1. The Morgan fingerprint density at radius 2 is 2.20 bits per heavy atom. The van der Waals surface area contributed by atoms with Crippen LogP contribution in [0.5, 0.6) is 5.75 Å². The first-order valence-corrected chi connectivity index (χ1v) is 7.30. The summed E-state index contributed by atoms with van der Waals surface area (Å²) in [5.74, 6) is 0.279. The van der Waals surface area contributed by atoms with Gasteiger partial charge in [0.2, 0.25) is 0 Å². The molecule has 20 heavy (non-hydrogen) atoms. The third-order valence-corrected chi connectivity index (χ3v) is 3.34. The van der Waals surface area contributed by atoms with Crippen molar-refractivity contribution in [2.45, 2.75) is 45.8 Å². The minimum atomic E-state index is -0.625. The maximum Gasteiger partial charge on any atom is 0.260 e. The van der Waals surface area contributed by atoms with Crippen molar-refractivity contribution < 1.29 is 14.6 Å². The minimum absolute atomic E-state index is 0.162. The van der Waals surface area contributed by atoms with E-state index in [1.54, 1.807) is 25.1 Å². The molecule has 0 saturated heterocycles. The summed E-state index contributed by atoms with van der Waals surface area (Å²) in [6.45, 7) is 4.23. The largest absolute Gasteiger partial charge is 0.480 e. The van der Waals surface area contributed by atoms with Gasteiger partial charge in [0.1, 0.15) is 5.75 Å². The highest BCUT2D eigenvalue weighted by molar-refractivity contribution is 6.31. The summed E-state index contributed by atoms with van der Waals surface area (Å²) in [7, 11) is 0. The number of aliphatic hydroxyl groups excluding tert-OH is 1. The lowest BCUT2D eigenvalue weighted by Gasteiger charge is -2.17. The van der Waals surface area contributed by atoms with Crippen molar-refractivity contribution in [2.24, 2.45) is 0 Å². The zero-order valence-corrected chi connectivity index (χ0v) is 12.7. The fourth-order valence-electron chi connectivity index (χ4n) is 1.78. The quantitative estimate of drug-likeness (QED) is 0.726. The Hall–Kier alpha value is -1.26. The number of rotatable bonds is 8. The van der Waals surface area contributed by atoms with E-state index in [9.17, 15) is 9.90 Å². The molecule has 0 aromatic heterocycles. The van der Waals surface area contributed by atoms with Gasteiger partial charge in [0, 0.05) is 17.1 Å². The van der Waals surface area contributed by atoms with Crippen molar-refractivity contribution in [2.75, 3.05) is 6.54 Å². The second kappa shape index (κ2) is 8.82. The van der Waals surface area contributed by atoms with E-state index in [1.165, 1.54) is 0 Å². The van der Waals surface area contributed by atoms with Crippen LogP contribution in [0.2, 0.25) is 5.02 Å². The van der Waals surface area contributed by atoms with Gasteiger partial charge < -0.3 is 15.2 Å². The molecule has 2 N–H and O–H groups in total. The molecule has 112 valence electrons. The van der Waals surface area contributed by atoms with Crippen LogP contribution in [0.15, 0.2) is 18.2 Å². The summed E-state index contributed by atoms with van der Waals surface area (Å²) in [6.07, 6.45) is 2.55. The van der Waals surface area contributed by atoms with Crippen LogP contribution < -0.4 is 10.1 Å². The Morgan fingerprint density at radius 3 is 2.85 bits per heavy atom. The van der Waals surface area contributed by atoms with Gasteiger partial charge in [-0.15, -0.1) is 0 Å². The number of ether oxygens (including phenoxy) is 1. The molecule has 5 heteroatoms. The van der Waals surface area contributed by atoms with E-state index in [4.69, 9.17) is 16.3 Å². The van der Waals surface area contributed by atoms with Crippen LogP contribution in [-0.4, -0.2) is 23.7 Å². The SMILES string of the molecule is CCCCCNC(=O)C(C)Oc1cccc(Cl)c1CO. The smallest absolute Gasteiger partial charge is 0.260 e. The van der Waals surface area contributed by atoms with E-state index in [0.717, 1.165) is 19.3 Å². The molecule has 0 saturated carbocycles. The zero-order valence-electron chi connectivity index (χ0n) is 12.0. The number of nitrogens with one attached hydrogen (secondary N) is 1. The summed E-state index contributed by atoms with van der Waals surface area (Å²) in [5, 5.41) is 12.5. The van der Waals surface area contributed by atoms with Gasteiger partial charge in [-0.3, -0.25) is 4.79 Å². The molecule has 0 radical (unpaired) electrons. The Balaban J connectivity index is 2.55. The molecular formula is C15H22ClNO3. The number of hydrogen-bond acceptors (Lipinski definition) is 3. The number of carbonyl (C=O) groups excluding carboxylic acids is 1. The van der Waals surface area contributed by atoms with E-state index >= 15 is 0 Å². The molecule has 1 aromatic rings. The van der Waals surface area contributed by atoms with Crippen LogP contribution in [0.4, 0.5) is 0 Å². The lowest BCUT2D eigenvalue weighted by Crippen LogP contribution is -2.37. The molecule has 1 aromatic carbocycles. The predicted molar refractivity (Wildman–Crippen MR) is 80.0 cm³/mol. The second-order valence-electron chi connectivity index (χ2n) is 4.63. The first-order valence-electron chi connectivity index (χ1n) is 6.92. The normalized spacial score (nSPS) is 12.0. The Labute approximate surface area is 125 Å². The van der Waals surface area contributed by atoms with Gasteiger partial charge in [0.25, 0.3) is 5.91 Å². The van der Waals surface area contributed by atoms with E-state index in [1.807, 2.05) is 0 Å². The molecule has 1 rings (SSSR count). The van der Waals surface area contributed by atoms with Crippen LogP contribution >= 0.6 is 11.6 Å². The van der Waals surface area contributed by atoms with Crippen molar-refractivity contribution in [3.63, 3.8) is 0 Å². The molecule has 0 spiro atoms. The number of unbranched alkanes of at least 4 members (excludes halogenated alkanes) is 2. The number of benzene rings is 1. The summed E-state index contributed by atoms with van der Waals surface area (Å²) in [4.78, 5) is 11.9. The zero-order chi connectivity index (χ0) is 15.0. The summed E-state index contributed by atoms with van der Waals surface area (Å²) in [5.41, 5.74) is 0.500. The van der Waals surface area contributed by atoms with E-state index in [2.05, 4.69) is 12.2 Å². The topological polar surface area (TPSA) is 58.6 Å². The van der Waals surface area contributed by atoms with Gasteiger partial charge in [-0.1, -0.05) is 37.4 Å². The first kappa shape index (κ1) is 16.8. The average Bonchev–Trinajstić information content (AvgIpc) is 2.43. The molecule has 1 amide bonds. The number of carbonyl (C=O) groups is 1. The highest BCUT2D eigenvalue weighted by Gasteiger charge is 2.16. The van der Waals surface area contributed by atoms with Crippen LogP contribution in [0.25, 0.3) is 0 Å².